The molecule has 0 amide bonds. The van der Waals surface area contributed by atoms with Gasteiger partial charge in [0.25, 0.3) is 5.97 Å². The summed E-state index contributed by atoms with van der Waals surface area (Å²) in [7, 11) is 0. The van der Waals surface area contributed by atoms with Crippen molar-refractivity contribution in [3.63, 3.8) is 0 Å². The summed E-state index contributed by atoms with van der Waals surface area (Å²) in [6.07, 6.45) is 15.4. The first-order valence-corrected chi connectivity index (χ1v) is 7.54. The molecule has 0 saturated heterocycles. The smallest absolute Gasteiger partial charge is 0.300 e. The Morgan fingerprint density at radius 1 is 0.833 bits per heavy atom. The summed E-state index contributed by atoms with van der Waals surface area (Å²) in [6.45, 7) is 4.23. The lowest BCUT2D eigenvalue weighted by atomic mass is 10.1. The first-order chi connectivity index (χ1) is 8.65. The van der Waals surface area contributed by atoms with Crippen LogP contribution in [0.25, 0.3) is 0 Å². The van der Waals surface area contributed by atoms with Crippen molar-refractivity contribution >= 4 is 5.97 Å². The Bertz CT molecular complexity index is 145. The molecule has 3 nitrogen and oxygen atoms in total. The number of aliphatic carboxylic acids is 1. The lowest BCUT2D eigenvalue weighted by molar-refractivity contribution is -0.134. The van der Waals surface area contributed by atoms with Gasteiger partial charge in [-0.2, -0.15) is 0 Å². The van der Waals surface area contributed by atoms with Gasteiger partial charge in [0.2, 0.25) is 0 Å². The molecule has 3 heteroatoms. The van der Waals surface area contributed by atoms with Crippen LogP contribution in [0.15, 0.2) is 0 Å². The van der Waals surface area contributed by atoms with Crippen LogP contribution in [0.3, 0.4) is 0 Å². The molecule has 0 fully saturated rings. The zero-order valence-corrected chi connectivity index (χ0v) is 12.4. The number of unbranched alkanes of at least 4 members (excludes halogenated alkanes) is 10. The molecule has 0 aromatic carbocycles. The second kappa shape index (κ2) is 18.8. The Balaban J connectivity index is 0. The van der Waals surface area contributed by atoms with Gasteiger partial charge in [-0.1, -0.05) is 71.1 Å². The maximum atomic E-state index is 9.00. The maximum Gasteiger partial charge on any atom is 0.300 e. The summed E-state index contributed by atoms with van der Waals surface area (Å²) in [5.41, 5.74) is 5.44. The van der Waals surface area contributed by atoms with Crippen molar-refractivity contribution in [1.82, 2.24) is 0 Å². The third-order valence-corrected chi connectivity index (χ3v) is 2.81. The first kappa shape index (κ1) is 19.8. The molecular formula is C15H33NO2. The summed E-state index contributed by atoms with van der Waals surface area (Å²) >= 11 is 0. The molecular weight excluding hydrogens is 226 g/mol. The van der Waals surface area contributed by atoms with E-state index in [0.29, 0.717) is 0 Å². The van der Waals surface area contributed by atoms with Gasteiger partial charge in [0.05, 0.1) is 0 Å². The lowest BCUT2D eigenvalue weighted by Crippen LogP contribution is -1.97. The number of nitrogens with two attached hydrogens (primary N) is 1. The van der Waals surface area contributed by atoms with E-state index in [9.17, 15) is 0 Å². The van der Waals surface area contributed by atoms with Gasteiger partial charge < -0.3 is 10.8 Å². The van der Waals surface area contributed by atoms with E-state index in [1.807, 2.05) is 0 Å². The van der Waals surface area contributed by atoms with Crippen LogP contribution in [-0.4, -0.2) is 17.6 Å². The quantitative estimate of drug-likeness (QED) is 0.542. The molecule has 110 valence electrons. The van der Waals surface area contributed by atoms with Gasteiger partial charge in [0, 0.05) is 6.92 Å². The molecule has 3 N–H and O–H groups in total. The molecule has 0 aromatic heterocycles. The highest BCUT2D eigenvalue weighted by atomic mass is 16.4. The minimum absolute atomic E-state index is 0.833. The normalized spacial score (nSPS) is 9.72. The second-order valence-electron chi connectivity index (χ2n) is 4.84. The van der Waals surface area contributed by atoms with Gasteiger partial charge >= 0.3 is 0 Å². The number of hydrogen-bond donors (Lipinski definition) is 2. The summed E-state index contributed by atoms with van der Waals surface area (Å²) in [6, 6.07) is 0. The Morgan fingerprint density at radius 3 is 1.39 bits per heavy atom. The van der Waals surface area contributed by atoms with E-state index in [4.69, 9.17) is 15.6 Å². The summed E-state index contributed by atoms with van der Waals surface area (Å²) in [5.74, 6) is -0.833. The van der Waals surface area contributed by atoms with Crippen LogP contribution in [0.1, 0.15) is 84.5 Å². The predicted molar refractivity (Wildman–Crippen MR) is 78.8 cm³/mol. The number of carboxylic acids is 1. The van der Waals surface area contributed by atoms with Crippen molar-refractivity contribution in [2.45, 2.75) is 84.5 Å². The van der Waals surface area contributed by atoms with Crippen LogP contribution in [0.4, 0.5) is 0 Å². The fourth-order valence-corrected chi connectivity index (χ4v) is 1.81. The highest BCUT2D eigenvalue weighted by Crippen LogP contribution is 2.10. The van der Waals surface area contributed by atoms with E-state index < -0.39 is 5.97 Å². The molecule has 0 aliphatic rings. The average Bonchev–Trinajstić information content (AvgIpc) is 2.31. The van der Waals surface area contributed by atoms with E-state index in [-0.39, 0.29) is 0 Å². The highest BCUT2D eigenvalue weighted by molar-refractivity contribution is 5.62. The monoisotopic (exact) mass is 259 g/mol. The van der Waals surface area contributed by atoms with Crippen LogP contribution < -0.4 is 5.73 Å². The summed E-state index contributed by atoms with van der Waals surface area (Å²) < 4.78 is 0. The molecule has 0 bridgehead atoms. The highest BCUT2D eigenvalue weighted by Gasteiger charge is 1.91. The zero-order valence-electron chi connectivity index (χ0n) is 12.4. The molecule has 0 aliphatic carbocycles. The largest absolute Gasteiger partial charge is 0.481 e. The Morgan fingerprint density at radius 2 is 1.11 bits per heavy atom. The molecule has 0 unspecified atom stereocenters. The van der Waals surface area contributed by atoms with Gasteiger partial charge in [-0.15, -0.1) is 0 Å². The lowest BCUT2D eigenvalue weighted by Gasteiger charge is -2.01. The molecule has 0 spiro atoms. The standard InChI is InChI=1S/C13H29N.C2H4O2/c1-2-3-4-5-6-7-8-9-10-11-12-13-14;1-2(3)4/h2-14H2,1H3;1H3,(H,3,4). The maximum absolute atomic E-state index is 9.00. The fourth-order valence-electron chi connectivity index (χ4n) is 1.81. The van der Waals surface area contributed by atoms with Crippen LogP contribution in [0.5, 0.6) is 0 Å². The number of hydrogen-bond acceptors (Lipinski definition) is 2. The SMILES string of the molecule is CC(=O)O.CCCCCCCCCCCCCN. The molecule has 0 radical (unpaired) electrons. The van der Waals surface area contributed by atoms with Gasteiger partial charge in [0.15, 0.2) is 0 Å². The van der Waals surface area contributed by atoms with Crippen LogP contribution >= 0.6 is 0 Å². The molecule has 0 heterocycles. The van der Waals surface area contributed by atoms with Crippen LogP contribution in [0, 0.1) is 0 Å². The third-order valence-electron chi connectivity index (χ3n) is 2.81. The molecule has 0 aromatic rings. The van der Waals surface area contributed by atoms with Gasteiger partial charge in [0.1, 0.15) is 0 Å². The number of rotatable bonds is 11. The number of carboxylic acid groups (broad SMARTS) is 1. The Labute approximate surface area is 113 Å². The van der Waals surface area contributed by atoms with Crippen molar-refractivity contribution in [3.8, 4) is 0 Å². The Hall–Kier alpha value is -0.570. The van der Waals surface area contributed by atoms with Gasteiger partial charge in [-0.05, 0) is 13.0 Å². The van der Waals surface area contributed by atoms with Crippen molar-refractivity contribution in [1.29, 1.82) is 0 Å². The predicted octanol–water partition coefficient (Wildman–Crippen LogP) is 4.35. The Kier molecular flexibility index (Phi) is 20.6. The first-order valence-electron chi connectivity index (χ1n) is 7.54. The van der Waals surface area contributed by atoms with Crippen molar-refractivity contribution in [3.05, 3.63) is 0 Å². The molecule has 18 heavy (non-hydrogen) atoms. The van der Waals surface area contributed by atoms with Crippen molar-refractivity contribution in [2.24, 2.45) is 5.73 Å². The third kappa shape index (κ3) is 29.5. The van der Waals surface area contributed by atoms with E-state index in [1.165, 1.54) is 70.6 Å². The minimum Gasteiger partial charge on any atom is -0.481 e. The van der Waals surface area contributed by atoms with Gasteiger partial charge in [-0.25, -0.2) is 0 Å². The zero-order chi connectivity index (χ0) is 14.1. The summed E-state index contributed by atoms with van der Waals surface area (Å²) in [5, 5.41) is 7.42. The molecule has 0 aliphatic heterocycles. The van der Waals surface area contributed by atoms with Gasteiger partial charge in [-0.3, -0.25) is 4.79 Å². The summed E-state index contributed by atoms with van der Waals surface area (Å²) in [4.78, 5) is 9.00. The second-order valence-corrected chi connectivity index (χ2v) is 4.84. The topological polar surface area (TPSA) is 63.3 Å². The van der Waals surface area contributed by atoms with E-state index in [0.717, 1.165) is 13.5 Å². The molecule has 0 atom stereocenters. The van der Waals surface area contributed by atoms with Crippen LogP contribution in [-0.2, 0) is 4.79 Å². The van der Waals surface area contributed by atoms with Crippen molar-refractivity contribution in [2.75, 3.05) is 6.54 Å². The van der Waals surface area contributed by atoms with Crippen LogP contribution in [0.2, 0.25) is 0 Å². The fraction of sp³-hybridized carbons (Fsp3) is 0.933. The van der Waals surface area contributed by atoms with E-state index in [2.05, 4.69) is 6.92 Å². The van der Waals surface area contributed by atoms with E-state index in [1.54, 1.807) is 0 Å². The van der Waals surface area contributed by atoms with E-state index >= 15 is 0 Å². The average molecular weight is 259 g/mol. The number of carbonyl (C=O) groups is 1. The minimum atomic E-state index is -0.833. The molecule has 0 rings (SSSR count). The molecule has 0 saturated carbocycles. The van der Waals surface area contributed by atoms with Crippen molar-refractivity contribution < 1.29 is 9.90 Å².